The molecular formula is C15H21IO. The SMILES string of the molecule is Cc1cc2c(c(O)c1I)C(C)(C)CCC2(C)C. The van der Waals surface area contributed by atoms with Crippen molar-refractivity contribution in [1.29, 1.82) is 0 Å². The molecule has 0 radical (unpaired) electrons. The minimum Gasteiger partial charge on any atom is -0.507 e. The first-order valence-electron chi connectivity index (χ1n) is 6.20. The molecule has 1 aromatic carbocycles. The average Bonchev–Trinajstić information content (AvgIpc) is 2.21. The van der Waals surface area contributed by atoms with Gasteiger partial charge in [-0.2, -0.15) is 0 Å². The maximum absolute atomic E-state index is 10.5. The Labute approximate surface area is 118 Å². The quantitative estimate of drug-likeness (QED) is 0.679. The lowest BCUT2D eigenvalue weighted by Gasteiger charge is -2.42. The third-order valence-corrected chi connectivity index (χ3v) is 5.56. The fraction of sp³-hybridized carbons (Fsp3) is 0.600. The lowest BCUT2D eigenvalue weighted by Crippen LogP contribution is -2.34. The van der Waals surface area contributed by atoms with Crippen LogP contribution in [0, 0.1) is 10.5 Å². The number of fused-ring (bicyclic) bond motifs is 1. The predicted octanol–water partition coefficient (Wildman–Crippen LogP) is 4.65. The van der Waals surface area contributed by atoms with Crippen LogP contribution in [0.15, 0.2) is 6.07 Å². The van der Waals surface area contributed by atoms with Gasteiger partial charge in [0, 0.05) is 5.56 Å². The molecule has 2 heteroatoms. The summed E-state index contributed by atoms with van der Waals surface area (Å²) < 4.78 is 1.01. The fourth-order valence-electron chi connectivity index (χ4n) is 2.88. The molecule has 0 saturated heterocycles. The minimum atomic E-state index is 0.0859. The topological polar surface area (TPSA) is 20.2 Å². The van der Waals surface area contributed by atoms with Crippen molar-refractivity contribution in [2.75, 3.05) is 0 Å². The first-order valence-corrected chi connectivity index (χ1v) is 7.28. The van der Waals surface area contributed by atoms with Crippen molar-refractivity contribution in [3.63, 3.8) is 0 Å². The molecule has 94 valence electrons. The summed E-state index contributed by atoms with van der Waals surface area (Å²) in [5.41, 5.74) is 3.96. The summed E-state index contributed by atoms with van der Waals surface area (Å²) in [6.45, 7) is 11.1. The van der Waals surface area contributed by atoms with E-state index in [1.165, 1.54) is 23.1 Å². The molecule has 0 spiro atoms. The number of rotatable bonds is 0. The molecule has 0 aliphatic heterocycles. The maximum atomic E-state index is 10.5. The van der Waals surface area contributed by atoms with Crippen molar-refractivity contribution in [2.24, 2.45) is 0 Å². The van der Waals surface area contributed by atoms with Crippen LogP contribution in [-0.4, -0.2) is 5.11 Å². The first-order chi connectivity index (χ1) is 7.67. The molecule has 1 aliphatic carbocycles. The van der Waals surface area contributed by atoms with Gasteiger partial charge in [-0.25, -0.2) is 0 Å². The molecule has 2 rings (SSSR count). The lowest BCUT2D eigenvalue weighted by atomic mass is 9.62. The molecule has 0 bridgehead atoms. The van der Waals surface area contributed by atoms with Crippen LogP contribution in [0.1, 0.15) is 57.2 Å². The molecule has 0 amide bonds. The summed E-state index contributed by atoms with van der Waals surface area (Å²) >= 11 is 2.25. The van der Waals surface area contributed by atoms with Crippen LogP contribution in [0.5, 0.6) is 5.75 Å². The van der Waals surface area contributed by atoms with E-state index in [9.17, 15) is 5.11 Å². The Hall–Kier alpha value is -0.250. The summed E-state index contributed by atoms with van der Waals surface area (Å²) in [4.78, 5) is 0. The van der Waals surface area contributed by atoms with E-state index in [0.29, 0.717) is 5.75 Å². The third-order valence-electron chi connectivity index (χ3n) is 4.20. The van der Waals surface area contributed by atoms with Crippen LogP contribution >= 0.6 is 22.6 Å². The van der Waals surface area contributed by atoms with Crippen LogP contribution in [0.25, 0.3) is 0 Å². The Morgan fingerprint density at radius 3 is 2.24 bits per heavy atom. The van der Waals surface area contributed by atoms with E-state index >= 15 is 0 Å². The van der Waals surface area contributed by atoms with E-state index in [4.69, 9.17) is 0 Å². The molecule has 17 heavy (non-hydrogen) atoms. The Balaban J connectivity index is 2.81. The molecule has 1 aliphatic rings. The summed E-state index contributed by atoms with van der Waals surface area (Å²) in [7, 11) is 0. The van der Waals surface area contributed by atoms with E-state index in [2.05, 4.69) is 63.3 Å². The number of phenolic OH excluding ortho intramolecular Hbond substituents is 1. The second kappa shape index (κ2) is 3.87. The molecule has 0 atom stereocenters. The summed E-state index contributed by atoms with van der Waals surface area (Å²) in [5, 5.41) is 10.5. The van der Waals surface area contributed by atoms with Crippen molar-refractivity contribution in [3.05, 3.63) is 26.3 Å². The van der Waals surface area contributed by atoms with Gasteiger partial charge >= 0.3 is 0 Å². The molecule has 0 unspecified atom stereocenters. The van der Waals surface area contributed by atoms with Crippen molar-refractivity contribution in [3.8, 4) is 5.75 Å². The second-order valence-corrected chi connectivity index (χ2v) is 7.63. The van der Waals surface area contributed by atoms with Crippen LogP contribution in [0.2, 0.25) is 0 Å². The zero-order valence-electron chi connectivity index (χ0n) is 11.3. The van der Waals surface area contributed by atoms with Gasteiger partial charge in [0.05, 0.1) is 3.57 Å². The highest BCUT2D eigenvalue weighted by atomic mass is 127. The van der Waals surface area contributed by atoms with Gasteiger partial charge in [-0.15, -0.1) is 0 Å². The van der Waals surface area contributed by atoms with E-state index < -0.39 is 0 Å². The zero-order chi connectivity index (χ0) is 13.0. The zero-order valence-corrected chi connectivity index (χ0v) is 13.5. The smallest absolute Gasteiger partial charge is 0.133 e. The molecule has 1 aromatic rings. The summed E-state index contributed by atoms with van der Waals surface area (Å²) in [5.74, 6) is 0.512. The van der Waals surface area contributed by atoms with Crippen molar-refractivity contribution in [2.45, 2.75) is 58.3 Å². The van der Waals surface area contributed by atoms with Gasteiger partial charge < -0.3 is 5.11 Å². The van der Waals surface area contributed by atoms with Gasteiger partial charge in [-0.05, 0) is 64.3 Å². The highest BCUT2D eigenvalue weighted by Gasteiger charge is 2.39. The minimum absolute atomic E-state index is 0.0859. The molecule has 0 heterocycles. The number of aromatic hydroxyl groups is 1. The third kappa shape index (κ3) is 1.98. The number of halogens is 1. The normalized spacial score (nSPS) is 21.1. The molecule has 1 N–H and O–H groups in total. The Morgan fingerprint density at radius 2 is 1.65 bits per heavy atom. The van der Waals surface area contributed by atoms with Crippen LogP contribution in [0.4, 0.5) is 0 Å². The van der Waals surface area contributed by atoms with E-state index in [1.54, 1.807) is 0 Å². The van der Waals surface area contributed by atoms with E-state index in [1.807, 2.05) is 0 Å². The van der Waals surface area contributed by atoms with Gasteiger partial charge in [0.25, 0.3) is 0 Å². The Bertz CT molecular complexity index is 472. The Kier molecular flexibility index (Phi) is 3.00. The second-order valence-electron chi connectivity index (χ2n) is 6.55. The first kappa shape index (κ1) is 13.2. The number of hydrogen-bond donors (Lipinski definition) is 1. The number of hydrogen-bond acceptors (Lipinski definition) is 1. The van der Waals surface area contributed by atoms with Crippen molar-refractivity contribution < 1.29 is 5.11 Å². The monoisotopic (exact) mass is 344 g/mol. The Morgan fingerprint density at radius 1 is 1.12 bits per heavy atom. The summed E-state index contributed by atoms with van der Waals surface area (Å²) in [6, 6.07) is 2.28. The van der Waals surface area contributed by atoms with Crippen molar-refractivity contribution >= 4 is 22.6 Å². The van der Waals surface area contributed by atoms with Gasteiger partial charge in [0.2, 0.25) is 0 Å². The largest absolute Gasteiger partial charge is 0.507 e. The number of benzene rings is 1. The molecule has 1 nitrogen and oxygen atoms in total. The van der Waals surface area contributed by atoms with Gasteiger partial charge in [0.15, 0.2) is 0 Å². The van der Waals surface area contributed by atoms with Crippen LogP contribution < -0.4 is 0 Å². The van der Waals surface area contributed by atoms with Crippen LogP contribution in [0.3, 0.4) is 0 Å². The molecule has 0 aromatic heterocycles. The molecular weight excluding hydrogens is 323 g/mol. The predicted molar refractivity (Wildman–Crippen MR) is 80.8 cm³/mol. The van der Waals surface area contributed by atoms with Gasteiger partial charge in [0.1, 0.15) is 5.75 Å². The standard InChI is InChI=1S/C15H21IO/c1-9-8-10-11(13(17)12(9)16)15(4,5)7-6-14(10,2)3/h8,17H,6-7H2,1-5H3. The number of phenols is 1. The average molecular weight is 344 g/mol. The molecule has 0 fully saturated rings. The maximum Gasteiger partial charge on any atom is 0.133 e. The fourth-order valence-corrected chi connectivity index (χ4v) is 3.31. The number of aryl methyl sites for hydroxylation is 1. The van der Waals surface area contributed by atoms with Crippen molar-refractivity contribution in [1.82, 2.24) is 0 Å². The highest BCUT2D eigenvalue weighted by Crippen LogP contribution is 2.50. The highest BCUT2D eigenvalue weighted by molar-refractivity contribution is 14.1. The van der Waals surface area contributed by atoms with E-state index in [0.717, 1.165) is 9.99 Å². The summed E-state index contributed by atoms with van der Waals surface area (Å²) in [6.07, 6.45) is 2.33. The lowest BCUT2D eigenvalue weighted by molar-refractivity contribution is 0.316. The van der Waals surface area contributed by atoms with Gasteiger partial charge in [-0.1, -0.05) is 33.8 Å². The van der Waals surface area contributed by atoms with Gasteiger partial charge in [-0.3, -0.25) is 0 Å². The van der Waals surface area contributed by atoms with E-state index in [-0.39, 0.29) is 10.8 Å². The molecule has 0 saturated carbocycles. The van der Waals surface area contributed by atoms with Crippen LogP contribution in [-0.2, 0) is 10.8 Å².